The quantitative estimate of drug-likeness (QED) is 0.719. The number of carbonyl (C=O) groups excluding carboxylic acids is 1. The number of primary amides is 1. The van der Waals surface area contributed by atoms with Gasteiger partial charge in [-0.25, -0.2) is 0 Å². The molecule has 2 fully saturated rings. The van der Waals surface area contributed by atoms with Crippen molar-refractivity contribution in [2.75, 3.05) is 19.7 Å². The van der Waals surface area contributed by atoms with Crippen molar-refractivity contribution in [3.05, 3.63) is 0 Å². The van der Waals surface area contributed by atoms with Gasteiger partial charge in [0, 0.05) is 19.1 Å². The molecule has 1 saturated heterocycles. The van der Waals surface area contributed by atoms with Crippen LogP contribution in [0.1, 0.15) is 32.6 Å². The lowest BCUT2D eigenvalue weighted by molar-refractivity contribution is -0.123. The van der Waals surface area contributed by atoms with Crippen molar-refractivity contribution >= 4 is 5.91 Å². The van der Waals surface area contributed by atoms with E-state index >= 15 is 0 Å². The number of morpholine rings is 1. The Labute approximate surface area is 102 Å². The van der Waals surface area contributed by atoms with E-state index < -0.39 is 5.54 Å². The van der Waals surface area contributed by atoms with Crippen LogP contribution in [0.3, 0.4) is 0 Å². The Bertz CT molecular complexity index is 297. The molecule has 2 aliphatic rings. The smallest absolute Gasteiger partial charge is 0.237 e. The van der Waals surface area contributed by atoms with Crippen LogP contribution >= 0.6 is 0 Å². The molecule has 98 valence electrons. The predicted octanol–water partition coefficient (Wildman–Crippen LogP) is -0.167. The number of rotatable bonds is 3. The number of nitrogens with two attached hydrogens (primary N) is 2. The molecule has 17 heavy (non-hydrogen) atoms. The molecule has 4 N–H and O–H groups in total. The molecule has 3 atom stereocenters. The maximum Gasteiger partial charge on any atom is 0.237 e. The van der Waals surface area contributed by atoms with Gasteiger partial charge in [-0.3, -0.25) is 9.69 Å². The standard InChI is InChI=1S/C12H23N3O2/c1-2-10-8-15(5-6-17-10)9-3-4-12(14,7-9)11(13)16/h9-10H,2-8,14H2,1H3,(H2,13,16). The van der Waals surface area contributed by atoms with Crippen LogP contribution in [0, 0.1) is 0 Å². The Hall–Kier alpha value is -0.650. The summed E-state index contributed by atoms with van der Waals surface area (Å²) in [7, 11) is 0. The van der Waals surface area contributed by atoms with Crippen LogP contribution in [-0.2, 0) is 9.53 Å². The largest absolute Gasteiger partial charge is 0.376 e. The predicted molar refractivity (Wildman–Crippen MR) is 65.4 cm³/mol. The molecule has 0 aromatic heterocycles. The molecule has 0 aromatic carbocycles. The van der Waals surface area contributed by atoms with E-state index in [1.807, 2.05) is 0 Å². The lowest BCUT2D eigenvalue weighted by atomic mass is 9.98. The van der Waals surface area contributed by atoms with Gasteiger partial charge in [0.2, 0.25) is 5.91 Å². The highest BCUT2D eigenvalue weighted by Crippen LogP contribution is 2.32. The minimum atomic E-state index is -0.787. The average molecular weight is 241 g/mol. The molecule has 0 bridgehead atoms. The van der Waals surface area contributed by atoms with Crippen LogP contribution in [-0.4, -0.2) is 48.2 Å². The number of ether oxygens (including phenoxy) is 1. The molecular formula is C12H23N3O2. The second-order valence-corrected chi connectivity index (χ2v) is 5.31. The molecule has 1 heterocycles. The summed E-state index contributed by atoms with van der Waals surface area (Å²) in [4.78, 5) is 13.7. The number of nitrogens with zero attached hydrogens (tertiary/aromatic N) is 1. The number of hydrogen-bond acceptors (Lipinski definition) is 4. The Kier molecular flexibility index (Phi) is 3.70. The van der Waals surface area contributed by atoms with E-state index in [1.165, 1.54) is 0 Å². The third-order valence-electron chi connectivity index (χ3n) is 4.16. The van der Waals surface area contributed by atoms with Gasteiger partial charge < -0.3 is 16.2 Å². The highest BCUT2D eigenvalue weighted by molar-refractivity contribution is 5.84. The van der Waals surface area contributed by atoms with Gasteiger partial charge in [0.15, 0.2) is 0 Å². The monoisotopic (exact) mass is 241 g/mol. The van der Waals surface area contributed by atoms with Crippen molar-refractivity contribution in [1.29, 1.82) is 0 Å². The molecule has 1 amide bonds. The van der Waals surface area contributed by atoms with Gasteiger partial charge in [0.25, 0.3) is 0 Å². The van der Waals surface area contributed by atoms with Crippen molar-refractivity contribution in [3.63, 3.8) is 0 Å². The third-order valence-corrected chi connectivity index (χ3v) is 4.16. The van der Waals surface area contributed by atoms with E-state index in [9.17, 15) is 4.79 Å². The highest BCUT2D eigenvalue weighted by atomic mass is 16.5. The van der Waals surface area contributed by atoms with Crippen molar-refractivity contribution in [2.45, 2.75) is 50.3 Å². The zero-order valence-electron chi connectivity index (χ0n) is 10.5. The fraction of sp³-hybridized carbons (Fsp3) is 0.917. The van der Waals surface area contributed by atoms with Crippen LogP contribution in [0.4, 0.5) is 0 Å². The van der Waals surface area contributed by atoms with Gasteiger partial charge in [0.05, 0.1) is 18.2 Å². The Morgan fingerprint density at radius 2 is 2.35 bits per heavy atom. The molecule has 2 rings (SSSR count). The van der Waals surface area contributed by atoms with Crippen molar-refractivity contribution in [2.24, 2.45) is 11.5 Å². The van der Waals surface area contributed by atoms with Crippen molar-refractivity contribution in [3.8, 4) is 0 Å². The minimum absolute atomic E-state index is 0.324. The average Bonchev–Trinajstić information content (AvgIpc) is 2.74. The van der Waals surface area contributed by atoms with Crippen LogP contribution in [0.5, 0.6) is 0 Å². The van der Waals surface area contributed by atoms with E-state index in [4.69, 9.17) is 16.2 Å². The normalized spacial score (nSPS) is 39.4. The summed E-state index contributed by atoms with van der Waals surface area (Å²) in [5, 5.41) is 0. The van der Waals surface area contributed by atoms with Gasteiger partial charge in [-0.05, 0) is 25.7 Å². The summed E-state index contributed by atoms with van der Waals surface area (Å²) < 4.78 is 5.65. The topological polar surface area (TPSA) is 81.6 Å². The van der Waals surface area contributed by atoms with Gasteiger partial charge in [0.1, 0.15) is 0 Å². The first-order chi connectivity index (χ1) is 8.05. The van der Waals surface area contributed by atoms with Crippen LogP contribution in [0.25, 0.3) is 0 Å². The summed E-state index contributed by atoms with van der Waals surface area (Å²) in [6.07, 6.45) is 3.73. The summed E-state index contributed by atoms with van der Waals surface area (Å²) in [6, 6.07) is 0.394. The molecule has 3 unspecified atom stereocenters. The van der Waals surface area contributed by atoms with E-state index in [2.05, 4.69) is 11.8 Å². The zero-order valence-corrected chi connectivity index (χ0v) is 10.5. The van der Waals surface area contributed by atoms with Crippen LogP contribution < -0.4 is 11.5 Å². The van der Waals surface area contributed by atoms with Crippen LogP contribution in [0.15, 0.2) is 0 Å². The third kappa shape index (κ3) is 2.61. The summed E-state index contributed by atoms with van der Waals surface area (Å²) in [6.45, 7) is 4.81. The van der Waals surface area contributed by atoms with E-state index in [0.29, 0.717) is 25.0 Å². The summed E-state index contributed by atoms with van der Waals surface area (Å²) in [5.74, 6) is -0.361. The first kappa shape index (κ1) is 12.8. The Balaban J connectivity index is 1.94. The second-order valence-electron chi connectivity index (χ2n) is 5.31. The molecule has 0 aromatic rings. The van der Waals surface area contributed by atoms with Crippen LogP contribution in [0.2, 0.25) is 0 Å². The fourth-order valence-electron chi connectivity index (χ4n) is 2.91. The molecular weight excluding hydrogens is 218 g/mol. The first-order valence-corrected chi connectivity index (χ1v) is 6.49. The van der Waals surface area contributed by atoms with E-state index in [-0.39, 0.29) is 5.91 Å². The minimum Gasteiger partial charge on any atom is -0.376 e. The number of hydrogen-bond donors (Lipinski definition) is 2. The molecule has 0 radical (unpaired) electrons. The van der Waals surface area contributed by atoms with E-state index in [0.717, 1.165) is 32.5 Å². The maximum atomic E-state index is 11.3. The fourth-order valence-corrected chi connectivity index (χ4v) is 2.91. The highest BCUT2D eigenvalue weighted by Gasteiger charge is 2.43. The molecule has 0 spiro atoms. The summed E-state index contributed by atoms with van der Waals surface area (Å²) >= 11 is 0. The van der Waals surface area contributed by atoms with Gasteiger partial charge in [-0.15, -0.1) is 0 Å². The Morgan fingerprint density at radius 1 is 1.59 bits per heavy atom. The van der Waals surface area contributed by atoms with Gasteiger partial charge in [-0.2, -0.15) is 0 Å². The number of carbonyl (C=O) groups is 1. The Morgan fingerprint density at radius 3 is 2.94 bits per heavy atom. The molecule has 1 aliphatic carbocycles. The van der Waals surface area contributed by atoms with Gasteiger partial charge >= 0.3 is 0 Å². The SMILES string of the molecule is CCC1CN(C2CCC(N)(C(N)=O)C2)CCO1. The molecule has 1 saturated carbocycles. The molecule has 1 aliphatic heterocycles. The first-order valence-electron chi connectivity index (χ1n) is 6.49. The second kappa shape index (κ2) is 4.92. The number of amides is 1. The van der Waals surface area contributed by atoms with Gasteiger partial charge in [-0.1, -0.05) is 6.92 Å². The maximum absolute atomic E-state index is 11.3. The molecule has 5 heteroatoms. The summed E-state index contributed by atoms with van der Waals surface area (Å²) in [5.41, 5.74) is 10.6. The lowest BCUT2D eigenvalue weighted by Gasteiger charge is -2.37. The van der Waals surface area contributed by atoms with Crippen molar-refractivity contribution in [1.82, 2.24) is 4.90 Å². The molecule has 5 nitrogen and oxygen atoms in total. The van der Waals surface area contributed by atoms with E-state index in [1.54, 1.807) is 0 Å². The zero-order chi connectivity index (χ0) is 12.5. The lowest BCUT2D eigenvalue weighted by Crippen LogP contribution is -2.52. The van der Waals surface area contributed by atoms with Crippen molar-refractivity contribution < 1.29 is 9.53 Å².